The van der Waals surface area contributed by atoms with Gasteiger partial charge in [0.25, 0.3) is 5.56 Å². The number of hydrogen-bond acceptors (Lipinski definition) is 3. The molecule has 2 rings (SSSR count). The van der Waals surface area contributed by atoms with Gasteiger partial charge in [0.1, 0.15) is 0 Å². The lowest BCUT2D eigenvalue weighted by atomic mass is 10.5. The van der Waals surface area contributed by atoms with Crippen LogP contribution in [-0.4, -0.2) is 27.2 Å². The summed E-state index contributed by atoms with van der Waals surface area (Å²) in [6, 6.07) is 1.57. The smallest absolute Gasteiger partial charge is 0.273 e. The van der Waals surface area contributed by atoms with Gasteiger partial charge in [-0.2, -0.15) is 4.68 Å². The Hall–Kier alpha value is -0.970. The number of aryl methyl sites for hydroxylation is 1. The van der Waals surface area contributed by atoms with Gasteiger partial charge in [0.2, 0.25) is 0 Å². The Morgan fingerprint density at radius 3 is 3.08 bits per heavy atom. The summed E-state index contributed by atoms with van der Waals surface area (Å²) in [4.78, 5) is 15.5. The summed E-state index contributed by atoms with van der Waals surface area (Å²) < 4.78 is 1.49. The van der Waals surface area contributed by atoms with Crippen LogP contribution in [0.5, 0.6) is 0 Å². The number of hydrogen-bond donors (Lipinski definition) is 1. The number of aromatic amines is 1. The molecule has 0 aliphatic carbocycles. The van der Waals surface area contributed by atoms with Gasteiger partial charge in [-0.15, -0.1) is 0 Å². The molecule has 1 N–H and O–H groups in total. The number of rotatable bonds is 0. The van der Waals surface area contributed by atoms with Crippen LogP contribution in [0.2, 0.25) is 0 Å². The van der Waals surface area contributed by atoms with Gasteiger partial charge in [0, 0.05) is 17.5 Å². The number of H-pyrrole nitrogens is 1. The third-order valence-corrected chi connectivity index (χ3v) is 2.57. The molecule has 0 aromatic carbocycles. The predicted molar refractivity (Wildman–Crippen MR) is 49.9 cm³/mol. The van der Waals surface area contributed by atoms with E-state index in [1.165, 1.54) is 4.68 Å². The van der Waals surface area contributed by atoms with Gasteiger partial charge in [-0.1, -0.05) is 11.8 Å². The standard InChI is InChI=1S/C7H9N3OS/c1-5-4-6(11)10(9-5)7-8-2-3-12-7/h4,9H,2-3H2,1H3. The second-order valence-corrected chi connectivity index (χ2v) is 3.69. The van der Waals surface area contributed by atoms with E-state index in [9.17, 15) is 4.79 Å². The van der Waals surface area contributed by atoms with Crippen molar-refractivity contribution in [3.63, 3.8) is 0 Å². The lowest BCUT2D eigenvalue weighted by Crippen LogP contribution is -2.21. The van der Waals surface area contributed by atoms with Crippen LogP contribution < -0.4 is 5.56 Å². The summed E-state index contributed by atoms with van der Waals surface area (Å²) in [5.74, 6) is 0.972. The first-order valence-electron chi connectivity index (χ1n) is 3.73. The van der Waals surface area contributed by atoms with Crippen LogP contribution in [0.25, 0.3) is 0 Å². The molecule has 0 saturated carbocycles. The van der Waals surface area contributed by atoms with Crippen LogP contribution in [-0.2, 0) is 0 Å². The number of nitrogens with zero attached hydrogens (tertiary/aromatic N) is 2. The zero-order valence-corrected chi connectivity index (χ0v) is 7.52. The molecular formula is C7H9N3OS. The first-order chi connectivity index (χ1) is 5.77. The molecule has 1 aliphatic heterocycles. The first-order valence-corrected chi connectivity index (χ1v) is 4.72. The Labute approximate surface area is 73.7 Å². The van der Waals surface area contributed by atoms with Crippen molar-refractivity contribution in [3.05, 3.63) is 22.1 Å². The van der Waals surface area contributed by atoms with E-state index >= 15 is 0 Å². The van der Waals surface area contributed by atoms with Crippen LogP contribution >= 0.6 is 11.8 Å². The second kappa shape index (κ2) is 2.82. The van der Waals surface area contributed by atoms with Gasteiger partial charge in [-0.05, 0) is 6.92 Å². The van der Waals surface area contributed by atoms with Crippen LogP contribution in [0, 0.1) is 6.92 Å². The van der Waals surface area contributed by atoms with E-state index < -0.39 is 0 Å². The van der Waals surface area contributed by atoms with E-state index in [1.54, 1.807) is 17.8 Å². The van der Waals surface area contributed by atoms with Gasteiger partial charge in [-0.3, -0.25) is 14.9 Å². The molecule has 0 bridgehead atoms. The van der Waals surface area contributed by atoms with Gasteiger partial charge in [0.05, 0.1) is 6.54 Å². The lowest BCUT2D eigenvalue weighted by Gasteiger charge is -1.97. The molecule has 1 aromatic rings. The maximum atomic E-state index is 11.3. The third kappa shape index (κ3) is 1.20. The van der Waals surface area contributed by atoms with Crippen molar-refractivity contribution >= 4 is 16.9 Å². The highest BCUT2D eigenvalue weighted by molar-refractivity contribution is 8.14. The Bertz CT molecular complexity index is 376. The van der Waals surface area contributed by atoms with Crippen LogP contribution in [0.4, 0.5) is 0 Å². The largest absolute Gasteiger partial charge is 0.293 e. The van der Waals surface area contributed by atoms with Crippen LogP contribution in [0.3, 0.4) is 0 Å². The molecule has 0 saturated heterocycles. The lowest BCUT2D eigenvalue weighted by molar-refractivity contribution is 0.893. The van der Waals surface area contributed by atoms with E-state index in [0.29, 0.717) is 0 Å². The highest BCUT2D eigenvalue weighted by Crippen LogP contribution is 2.11. The van der Waals surface area contributed by atoms with Gasteiger partial charge in [0.15, 0.2) is 5.17 Å². The van der Waals surface area contributed by atoms with E-state index in [0.717, 1.165) is 23.2 Å². The monoisotopic (exact) mass is 183 g/mol. The normalized spacial score (nSPS) is 16.6. The number of thioether (sulfide) groups is 1. The van der Waals surface area contributed by atoms with E-state index in [1.807, 2.05) is 6.92 Å². The fourth-order valence-electron chi connectivity index (χ4n) is 1.11. The molecule has 64 valence electrons. The Kier molecular flexibility index (Phi) is 1.80. The average molecular weight is 183 g/mol. The molecule has 0 fully saturated rings. The minimum atomic E-state index is -0.0272. The zero-order chi connectivity index (χ0) is 8.55. The Balaban J connectivity index is 2.45. The Morgan fingerprint density at radius 1 is 1.75 bits per heavy atom. The minimum absolute atomic E-state index is 0.0272. The van der Waals surface area contributed by atoms with Gasteiger partial charge >= 0.3 is 0 Å². The molecule has 0 spiro atoms. The topological polar surface area (TPSA) is 50.1 Å². The summed E-state index contributed by atoms with van der Waals surface area (Å²) >= 11 is 1.60. The van der Waals surface area contributed by atoms with Crippen LogP contribution in [0.1, 0.15) is 5.69 Å². The number of aromatic nitrogens is 2. The van der Waals surface area contributed by atoms with Crippen molar-refractivity contribution in [1.29, 1.82) is 0 Å². The molecule has 0 amide bonds. The number of nitrogens with one attached hydrogen (secondary N) is 1. The highest BCUT2D eigenvalue weighted by atomic mass is 32.2. The van der Waals surface area contributed by atoms with Crippen molar-refractivity contribution in [2.24, 2.45) is 4.99 Å². The molecule has 1 aromatic heterocycles. The summed E-state index contributed by atoms with van der Waals surface area (Å²) in [6.07, 6.45) is 0. The second-order valence-electron chi connectivity index (χ2n) is 2.63. The quantitative estimate of drug-likeness (QED) is 0.634. The molecule has 0 atom stereocenters. The molecular weight excluding hydrogens is 174 g/mol. The predicted octanol–water partition coefficient (Wildman–Crippen LogP) is 0.436. The van der Waals surface area contributed by atoms with Crippen LogP contribution in [0.15, 0.2) is 15.9 Å². The zero-order valence-electron chi connectivity index (χ0n) is 6.70. The van der Waals surface area contributed by atoms with Gasteiger partial charge in [-0.25, -0.2) is 0 Å². The molecule has 0 unspecified atom stereocenters. The van der Waals surface area contributed by atoms with Gasteiger partial charge < -0.3 is 0 Å². The van der Waals surface area contributed by atoms with E-state index in [-0.39, 0.29) is 5.56 Å². The van der Waals surface area contributed by atoms with E-state index in [4.69, 9.17) is 0 Å². The molecule has 0 radical (unpaired) electrons. The molecule has 4 nitrogen and oxygen atoms in total. The molecule has 1 aliphatic rings. The highest BCUT2D eigenvalue weighted by Gasteiger charge is 2.11. The molecule has 2 heterocycles. The minimum Gasteiger partial charge on any atom is -0.293 e. The maximum Gasteiger partial charge on any atom is 0.273 e. The average Bonchev–Trinajstić information content (AvgIpc) is 2.58. The van der Waals surface area contributed by atoms with Crippen molar-refractivity contribution in [1.82, 2.24) is 9.78 Å². The van der Waals surface area contributed by atoms with Crippen molar-refractivity contribution in [3.8, 4) is 0 Å². The molecule has 5 heteroatoms. The Morgan fingerprint density at radius 2 is 2.58 bits per heavy atom. The summed E-state index contributed by atoms with van der Waals surface area (Å²) in [7, 11) is 0. The SMILES string of the molecule is Cc1cc(=O)n(C2=NCCS2)[nH]1. The maximum absolute atomic E-state index is 11.3. The summed E-state index contributed by atoms with van der Waals surface area (Å²) in [5, 5.41) is 3.72. The van der Waals surface area contributed by atoms with Crippen molar-refractivity contribution < 1.29 is 0 Å². The van der Waals surface area contributed by atoms with Crippen molar-refractivity contribution in [2.45, 2.75) is 6.92 Å². The number of aliphatic imine (C=N–C) groups is 1. The fourth-order valence-corrected chi connectivity index (χ4v) is 1.93. The van der Waals surface area contributed by atoms with E-state index in [2.05, 4.69) is 10.1 Å². The molecule has 12 heavy (non-hydrogen) atoms. The third-order valence-electron chi connectivity index (χ3n) is 1.61. The fraction of sp³-hybridized carbons (Fsp3) is 0.429. The first kappa shape index (κ1) is 7.67. The summed E-state index contributed by atoms with van der Waals surface area (Å²) in [6.45, 7) is 2.67. The summed E-state index contributed by atoms with van der Waals surface area (Å²) in [5.41, 5.74) is 0.843. The van der Waals surface area contributed by atoms with Crippen molar-refractivity contribution in [2.75, 3.05) is 12.3 Å².